The van der Waals surface area contributed by atoms with E-state index in [4.69, 9.17) is 4.74 Å². The minimum Gasteiger partial charge on any atom is -0.495 e. The predicted octanol–water partition coefficient (Wildman–Crippen LogP) is 1.86. The van der Waals surface area contributed by atoms with Crippen molar-refractivity contribution in [1.82, 2.24) is 0 Å². The Kier molecular flexibility index (Phi) is 3.85. The molecule has 0 bridgehead atoms. The lowest BCUT2D eigenvalue weighted by Gasteiger charge is -2.08. The van der Waals surface area contributed by atoms with Crippen LogP contribution in [0.4, 0.5) is 5.69 Å². The van der Waals surface area contributed by atoms with Crippen molar-refractivity contribution in [3.8, 4) is 5.75 Å². The van der Waals surface area contributed by atoms with E-state index in [2.05, 4.69) is 5.32 Å². The Labute approximate surface area is 88.2 Å². The summed E-state index contributed by atoms with van der Waals surface area (Å²) in [5.74, 6) is 0.535. The Bertz CT molecular complexity index is 374. The SMILES string of the molecule is CCC(=O)c1ccc(NC=O)c(OC)c1. The molecule has 1 N–H and O–H groups in total. The van der Waals surface area contributed by atoms with Gasteiger partial charge >= 0.3 is 0 Å². The highest BCUT2D eigenvalue weighted by Gasteiger charge is 2.07. The summed E-state index contributed by atoms with van der Waals surface area (Å²) in [6.07, 6.45) is 1.02. The third-order valence-electron chi connectivity index (χ3n) is 2.06. The van der Waals surface area contributed by atoms with Crippen LogP contribution in [0.3, 0.4) is 0 Å². The highest BCUT2D eigenvalue weighted by atomic mass is 16.5. The van der Waals surface area contributed by atoms with Gasteiger partial charge < -0.3 is 10.1 Å². The first kappa shape index (κ1) is 11.2. The normalized spacial score (nSPS) is 9.47. The summed E-state index contributed by atoms with van der Waals surface area (Å²) in [6, 6.07) is 4.94. The van der Waals surface area contributed by atoms with Crippen molar-refractivity contribution in [1.29, 1.82) is 0 Å². The minimum absolute atomic E-state index is 0.0472. The fourth-order valence-corrected chi connectivity index (χ4v) is 1.25. The first-order chi connectivity index (χ1) is 7.22. The van der Waals surface area contributed by atoms with Crippen molar-refractivity contribution >= 4 is 17.9 Å². The Hall–Kier alpha value is -1.84. The molecule has 80 valence electrons. The second-order valence-electron chi connectivity index (χ2n) is 2.95. The summed E-state index contributed by atoms with van der Waals surface area (Å²) in [6.45, 7) is 1.80. The van der Waals surface area contributed by atoms with Crippen LogP contribution in [0.2, 0.25) is 0 Å². The minimum atomic E-state index is 0.0472. The molecule has 0 aliphatic rings. The number of Topliss-reactive ketones (excluding diaryl/α,β-unsaturated/α-hetero) is 1. The van der Waals surface area contributed by atoms with Crippen LogP contribution in [0.1, 0.15) is 23.7 Å². The highest BCUT2D eigenvalue weighted by Crippen LogP contribution is 2.25. The average molecular weight is 207 g/mol. The summed E-state index contributed by atoms with van der Waals surface area (Å²) in [7, 11) is 1.49. The van der Waals surface area contributed by atoms with Gasteiger partial charge in [-0.15, -0.1) is 0 Å². The number of hydrogen-bond donors (Lipinski definition) is 1. The van der Waals surface area contributed by atoms with E-state index in [0.717, 1.165) is 0 Å². The summed E-state index contributed by atoms with van der Waals surface area (Å²) < 4.78 is 5.06. The number of carbonyl (C=O) groups is 2. The van der Waals surface area contributed by atoms with Crippen LogP contribution in [0.5, 0.6) is 5.75 Å². The lowest BCUT2D eigenvalue weighted by atomic mass is 10.1. The van der Waals surface area contributed by atoms with Crippen LogP contribution in [-0.4, -0.2) is 19.3 Å². The number of amides is 1. The number of ether oxygens (including phenoxy) is 1. The monoisotopic (exact) mass is 207 g/mol. The summed E-state index contributed by atoms with van der Waals surface area (Å²) in [4.78, 5) is 21.7. The molecule has 0 radical (unpaired) electrons. The first-order valence-electron chi connectivity index (χ1n) is 4.64. The first-order valence-corrected chi connectivity index (χ1v) is 4.64. The van der Waals surface area contributed by atoms with Gasteiger partial charge in [0.1, 0.15) is 5.75 Å². The molecule has 4 nitrogen and oxygen atoms in total. The van der Waals surface area contributed by atoms with Gasteiger partial charge in [0.25, 0.3) is 0 Å². The zero-order chi connectivity index (χ0) is 11.3. The predicted molar refractivity (Wildman–Crippen MR) is 57.3 cm³/mol. The number of rotatable bonds is 5. The molecule has 0 spiro atoms. The van der Waals surface area contributed by atoms with Gasteiger partial charge in [-0.05, 0) is 18.2 Å². The molecular weight excluding hydrogens is 194 g/mol. The lowest BCUT2D eigenvalue weighted by Crippen LogP contribution is -2.01. The van der Waals surface area contributed by atoms with Crippen LogP contribution in [0.15, 0.2) is 18.2 Å². The molecule has 1 rings (SSSR count). The molecule has 0 saturated heterocycles. The van der Waals surface area contributed by atoms with E-state index in [9.17, 15) is 9.59 Å². The standard InChI is InChI=1S/C11H13NO3/c1-3-10(14)8-4-5-9(12-7-13)11(6-8)15-2/h4-7H,3H2,1-2H3,(H,12,13). The number of methoxy groups -OCH3 is 1. The molecule has 0 aliphatic heterocycles. The second-order valence-corrected chi connectivity index (χ2v) is 2.95. The number of hydrogen-bond acceptors (Lipinski definition) is 3. The van der Waals surface area contributed by atoms with Gasteiger partial charge in [-0.3, -0.25) is 9.59 Å². The number of nitrogens with one attached hydrogen (secondary N) is 1. The quantitative estimate of drug-likeness (QED) is 0.592. The lowest BCUT2D eigenvalue weighted by molar-refractivity contribution is -0.105. The molecule has 0 fully saturated rings. The number of benzene rings is 1. The van der Waals surface area contributed by atoms with E-state index in [0.29, 0.717) is 29.8 Å². The fraction of sp³-hybridized carbons (Fsp3) is 0.273. The van der Waals surface area contributed by atoms with E-state index >= 15 is 0 Å². The fourth-order valence-electron chi connectivity index (χ4n) is 1.25. The Morgan fingerprint density at radius 3 is 2.80 bits per heavy atom. The maximum atomic E-state index is 11.4. The molecule has 1 amide bonds. The van der Waals surface area contributed by atoms with Gasteiger partial charge in [-0.1, -0.05) is 6.92 Å². The van der Waals surface area contributed by atoms with Crippen molar-refractivity contribution < 1.29 is 14.3 Å². The second kappa shape index (κ2) is 5.14. The van der Waals surface area contributed by atoms with Crippen LogP contribution >= 0.6 is 0 Å². The zero-order valence-corrected chi connectivity index (χ0v) is 8.74. The van der Waals surface area contributed by atoms with Gasteiger partial charge in [-0.2, -0.15) is 0 Å². The van der Waals surface area contributed by atoms with Crippen LogP contribution in [-0.2, 0) is 4.79 Å². The van der Waals surface area contributed by atoms with E-state index in [-0.39, 0.29) is 5.78 Å². The summed E-state index contributed by atoms with van der Waals surface area (Å²) >= 11 is 0. The molecular formula is C11H13NO3. The smallest absolute Gasteiger partial charge is 0.211 e. The van der Waals surface area contributed by atoms with Gasteiger partial charge in [0.15, 0.2) is 5.78 Å². The van der Waals surface area contributed by atoms with Crippen LogP contribution in [0, 0.1) is 0 Å². The Morgan fingerprint density at radius 2 is 2.27 bits per heavy atom. The molecule has 15 heavy (non-hydrogen) atoms. The Morgan fingerprint density at radius 1 is 1.53 bits per heavy atom. The van der Waals surface area contributed by atoms with E-state index in [1.807, 2.05) is 0 Å². The Balaban J connectivity index is 3.06. The van der Waals surface area contributed by atoms with E-state index in [1.165, 1.54) is 7.11 Å². The average Bonchev–Trinajstić information content (AvgIpc) is 2.29. The third-order valence-corrected chi connectivity index (χ3v) is 2.06. The van der Waals surface area contributed by atoms with Gasteiger partial charge in [-0.25, -0.2) is 0 Å². The summed E-state index contributed by atoms with van der Waals surface area (Å²) in [5, 5.41) is 2.49. The van der Waals surface area contributed by atoms with E-state index < -0.39 is 0 Å². The van der Waals surface area contributed by atoms with Gasteiger partial charge in [0, 0.05) is 12.0 Å². The molecule has 0 heterocycles. The maximum Gasteiger partial charge on any atom is 0.211 e. The highest BCUT2D eigenvalue weighted by molar-refractivity contribution is 5.97. The zero-order valence-electron chi connectivity index (χ0n) is 8.74. The molecule has 0 saturated carbocycles. The third kappa shape index (κ3) is 2.56. The van der Waals surface area contributed by atoms with Gasteiger partial charge in [0.2, 0.25) is 6.41 Å². The largest absolute Gasteiger partial charge is 0.495 e. The molecule has 0 atom stereocenters. The maximum absolute atomic E-state index is 11.4. The van der Waals surface area contributed by atoms with Gasteiger partial charge in [0.05, 0.1) is 12.8 Å². The molecule has 0 aromatic heterocycles. The molecule has 4 heteroatoms. The molecule has 1 aromatic carbocycles. The van der Waals surface area contributed by atoms with Crippen LogP contribution in [0.25, 0.3) is 0 Å². The number of ketones is 1. The molecule has 0 unspecified atom stereocenters. The molecule has 0 aliphatic carbocycles. The number of anilines is 1. The van der Waals surface area contributed by atoms with Crippen molar-refractivity contribution in [3.63, 3.8) is 0 Å². The van der Waals surface area contributed by atoms with Crippen molar-refractivity contribution in [2.75, 3.05) is 12.4 Å². The van der Waals surface area contributed by atoms with E-state index in [1.54, 1.807) is 25.1 Å². The van der Waals surface area contributed by atoms with Crippen molar-refractivity contribution in [2.45, 2.75) is 13.3 Å². The summed E-state index contributed by atoms with van der Waals surface area (Å²) in [5.41, 5.74) is 1.14. The van der Waals surface area contributed by atoms with Crippen molar-refractivity contribution in [3.05, 3.63) is 23.8 Å². The number of carbonyl (C=O) groups excluding carboxylic acids is 2. The molecule has 1 aromatic rings. The van der Waals surface area contributed by atoms with Crippen molar-refractivity contribution in [2.24, 2.45) is 0 Å². The topological polar surface area (TPSA) is 55.4 Å². The van der Waals surface area contributed by atoms with Crippen LogP contribution < -0.4 is 10.1 Å².